The molecule has 0 saturated carbocycles. The molecule has 6 heteroatoms. The Kier molecular flexibility index (Phi) is 6.06. The van der Waals surface area contributed by atoms with Gasteiger partial charge in [-0.05, 0) is 36.6 Å². The Morgan fingerprint density at radius 2 is 2.00 bits per heavy atom. The predicted molar refractivity (Wildman–Crippen MR) is 97.3 cm³/mol. The molecule has 1 heterocycles. The zero-order valence-electron chi connectivity index (χ0n) is 15.0. The van der Waals surface area contributed by atoms with Crippen molar-refractivity contribution in [3.8, 4) is 0 Å². The van der Waals surface area contributed by atoms with Crippen LogP contribution in [0.15, 0.2) is 24.3 Å². The largest absolute Gasteiger partial charge is 0.371 e. The summed E-state index contributed by atoms with van der Waals surface area (Å²) in [6.07, 6.45) is 1.23. The van der Waals surface area contributed by atoms with Gasteiger partial charge in [0.25, 0.3) is 0 Å². The third-order valence-corrected chi connectivity index (χ3v) is 4.50. The van der Waals surface area contributed by atoms with Crippen molar-refractivity contribution in [3.05, 3.63) is 24.3 Å². The molecular weight excluding hydrogens is 304 g/mol. The van der Waals surface area contributed by atoms with E-state index in [1.165, 1.54) is 17.0 Å². The van der Waals surface area contributed by atoms with Gasteiger partial charge in [-0.2, -0.15) is 0 Å². The van der Waals surface area contributed by atoms with E-state index in [-0.39, 0.29) is 17.9 Å². The van der Waals surface area contributed by atoms with Crippen LogP contribution in [-0.2, 0) is 4.79 Å². The molecular formula is C18H28N4O2. The smallest absolute Gasteiger partial charge is 0.321 e. The first kappa shape index (κ1) is 18.1. The molecule has 0 unspecified atom stereocenters. The molecule has 0 spiro atoms. The van der Waals surface area contributed by atoms with Crippen LogP contribution in [0.2, 0.25) is 0 Å². The van der Waals surface area contributed by atoms with Crippen molar-refractivity contribution in [2.75, 3.05) is 43.9 Å². The Hall–Kier alpha value is -2.24. The second-order valence-corrected chi connectivity index (χ2v) is 6.71. The van der Waals surface area contributed by atoms with Gasteiger partial charge in [0.15, 0.2) is 0 Å². The second kappa shape index (κ2) is 8.04. The molecule has 1 aliphatic rings. The van der Waals surface area contributed by atoms with Crippen LogP contribution in [0.4, 0.5) is 16.2 Å². The van der Waals surface area contributed by atoms with Gasteiger partial charge in [0, 0.05) is 45.1 Å². The molecule has 0 radical (unpaired) electrons. The van der Waals surface area contributed by atoms with Gasteiger partial charge in [-0.1, -0.05) is 13.8 Å². The lowest BCUT2D eigenvalue weighted by molar-refractivity contribution is -0.124. The Morgan fingerprint density at radius 1 is 1.33 bits per heavy atom. The monoisotopic (exact) mass is 332 g/mol. The molecule has 1 aliphatic heterocycles. The number of anilines is 2. The van der Waals surface area contributed by atoms with Crippen LogP contribution >= 0.6 is 0 Å². The molecule has 0 bridgehead atoms. The normalized spacial score (nSPS) is 18.2. The molecule has 1 fully saturated rings. The van der Waals surface area contributed by atoms with Gasteiger partial charge < -0.3 is 20.4 Å². The number of benzene rings is 1. The van der Waals surface area contributed by atoms with E-state index in [0.717, 1.165) is 24.7 Å². The first-order valence-corrected chi connectivity index (χ1v) is 8.49. The second-order valence-electron chi connectivity index (χ2n) is 6.71. The standard InChI is InChI=1S/C18H28N4O2/c1-13-9-10-22(11-13)16-7-5-15(6-8-16)20-18(24)21(4)12-14(2)17(23)19-3/h5-8,13-14H,9-12H2,1-4H3,(H,19,23)(H,20,24)/t13-,14+/m0/s1. The Balaban J connectivity index is 1.88. The van der Waals surface area contributed by atoms with E-state index in [2.05, 4.69) is 22.5 Å². The lowest BCUT2D eigenvalue weighted by Gasteiger charge is -2.22. The third kappa shape index (κ3) is 4.63. The van der Waals surface area contributed by atoms with Crippen LogP contribution in [-0.4, -0.2) is 50.6 Å². The Morgan fingerprint density at radius 3 is 2.54 bits per heavy atom. The molecule has 1 saturated heterocycles. The average molecular weight is 332 g/mol. The molecule has 0 aliphatic carbocycles. The molecule has 1 aromatic rings. The van der Waals surface area contributed by atoms with Crippen LogP contribution in [0.3, 0.4) is 0 Å². The minimum atomic E-state index is -0.245. The molecule has 0 aromatic heterocycles. The van der Waals surface area contributed by atoms with E-state index in [9.17, 15) is 9.59 Å². The van der Waals surface area contributed by atoms with Gasteiger partial charge in [0.1, 0.15) is 0 Å². The summed E-state index contributed by atoms with van der Waals surface area (Å²) >= 11 is 0. The van der Waals surface area contributed by atoms with E-state index in [1.54, 1.807) is 21.0 Å². The number of amides is 3. The number of carbonyl (C=O) groups is 2. The Labute approximate surface area is 144 Å². The van der Waals surface area contributed by atoms with Crippen LogP contribution < -0.4 is 15.5 Å². The fourth-order valence-electron chi connectivity index (χ4n) is 2.97. The number of nitrogens with one attached hydrogen (secondary N) is 2. The molecule has 132 valence electrons. The van der Waals surface area contributed by atoms with Crippen molar-refractivity contribution in [3.63, 3.8) is 0 Å². The minimum absolute atomic E-state index is 0.0705. The number of rotatable bonds is 5. The number of hydrogen-bond acceptors (Lipinski definition) is 3. The lowest BCUT2D eigenvalue weighted by atomic mass is 10.1. The van der Waals surface area contributed by atoms with E-state index in [4.69, 9.17) is 0 Å². The maximum Gasteiger partial charge on any atom is 0.321 e. The van der Waals surface area contributed by atoms with E-state index < -0.39 is 0 Å². The zero-order valence-corrected chi connectivity index (χ0v) is 15.0. The van der Waals surface area contributed by atoms with Crippen molar-refractivity contribution in [1.29, 1.82) is 0 Å². The van der Waals surface area contributed by atoms with E-state index in [0.29, 0.717) is 6.54 Å². The number of carbonyl (C=O) groups excluding carboxylic acids is 2. The number of urea groups is 1. The van der Waals surface area contributed by atoms with Crippen LogP contribution in [0.25, 0.3) is 0 Å². The minimum Gasteiger partial charge on any atom is -0.371 e. The van der Waals surface area contributed by atoms with Crippen molar-refractivity contribution in [2.45, 2.75) is 20.3 Å². The summed E-state index contributed by atoms with van der Waals surface area (Å²) in [6, 6.07) is 7.72. The van der Waals surface area contributed by atoms with Crippen molar-refractivity contribution in [2.24, 2.45) is 11.8 Å². The SMILES string of the molecule is CNC(=O)[C@H](C)CN(C)C(=O)Nc1ccc(N2CC[C@H](C)C2)cc1. The highest BCUT2D eigenvalue weighted by Gasteiger charge is 2.19. The Bertz CT molecular complexity index is 573. The fourth-order valence-corrected chi connectivity index (χ4v) is 2.97. The molecule has 2 rings (SSSR count). The van der Waals surface area contributed by atoms with Crippen LogP contribution in [0.1, 0.15) is 20.3 Å². The summed E-state index contributed by atoms with van der Waals surface area (Å²) in [5.74, 6) is 0.421. The fraction of sp³-hybridized carbons (Fsp3) is 0.556. The van der Waals surface area contributed by atoms with Gasteiger partial charge >= 0.3 is 6.03 Å². The third-order valence-electron chi connectivity index (χ3n) is 4.50. The van der Waals surface area contributed by atoms with Gasteiger partial charge in [0.05, 0.1) is 5.92 Å². The van der Waals surface area contributed by atoms with Crippen molar-refractivity contribution in [1.82, 2.24) is 10.2 Å². The summed E-state index contributed by atoms with van der Waals surface area (Å²) < 4.78 is 0. The highest BCUT2D eigenvalue weighted by molar-refractivity contribution is 5.89. The van der Waals surface area contributed by atoms with Crippen LogP contribution in [0, 0.1) is 11.8 Å². The molecule has 1 aromatic carbocycles. The zero-order chi connectivity index (χ0) is 17.7. The summed E-state index contributed by atoms with van der Waals surface area (Å²) in [6.45, 7) is 6.62. The molecule has 2 atom stereocenters. The summed E-state index contributed by atoms with van der Waals surface area (Å²) in [7, 11) is 3.29. The van der Waals surface area contributed by atoms with Gasteiger partial charge in [-0.15, -0.1) is 0 Å². The maximum absolute atomic E-state index is 12.2. The molecule has 3 amide bonds. The van der Waals surface area contributed by atoms with Crippen LogP contribution in [0.5, 0.6) is 0 Å². The first-order valence-electron chi connectivity index (χ1n) is 8.49. The molecule has 2 N–H and O–H groups in total. The average Bonchev–Trinajstić information content (AvgIpc) is 3.01. The van der Waals surface area contributed by atoms with Gasteiger partial charge in [0.2, 0.25) is 5.91 Å². The van der Waals surface area contributed by atoms with E-state index >= 15 is 0 Å². The highest BCUT2D eigenvalue weighted by atomic mass is 16.2. The maximum atomic E-state index is 12.2. The van der Waals surface area contributed by atoms with E-state index in [1.807, 2.05) is 24.3 Å². The first-order chi connectivity index (χ1) is 11.4. The molecule has 6 nitrogen and oxygen atoms in total. The summed E-state index contributed by atoms with van der Waals surface area (Å²) in [5, 5.41) is 5.46. The molecule has 24 heavy (non-hydrogen) atoms. The number of nitrogens with zero attached hydrogens (tertiary/aromatic N) is 2. The van der Waals surface area contributed by atoms with Gasteiger partial charge in [-0.25, -0.2) is 4.79 Å². The number of hydrogen-bond donors (Lipinski definition) is 2. The van der Waals surface area contributed by atoms with Crippen molar-refractivity contribution >= 4 is 23.3 Å². The van der Waals surface area contributed by atoms with Gasteiger partial charge in [-0.3, -0.25) is 4.79 Å². The van der Waals surface area contributed by atoms with Crippen molar-refractivity contribution < 1.29 is 9.59 Å². The summed E-state index contributed by atoms with van der Waals surface area (Å²) in [5.41, 5.74) is 1.95. The highest BCUT2D eigenvalue weighted by Crippen LogP contribution is 2.24. The topological polar surface area (TPSA) is 64.7 Å². The predicted octanol–water partition coefficient (Wildman–Crippen LogP) is 2.38. The quantitative estimate of drug-likeness (QED) is 0.870. The summed E-state index contributed by atoms with van der Waals surface area (Å²) in [4.78, 5) is 27.6. The lowest BCUT2D eigenvalue weighted by Crippen LogP contribution is -2.39.